The number of aromatic nitrogens is 4. The molecular weight excluding hydrogens is 358 g/mol. The van der Waals surface area contributed by atoms with Crippen molar-refractivity contribution in [2.45, 2.75) is 13.0 Å². The fourth-order valence-electron chi connectivity index (χ4n) is 3.40. The Morgan fingerprint density at radius 2 is 2.11 bits per heavy atom. The molecule has 0 fully saturated rings. The average molecular weight is 373 g/mol. The van der Waals surface area contributed by atoms with Gasteiger partial charge in [0.05, 0.1) is 17.8 Å². The molecule has 1 amide bonds. The van der Waals surface area contributed by atoms with Crippen molar-refractivity contribution in [3.8, 4) is 11.3 Å². The first-order valence-electron chi connectivity index (χ1n) is 8.86. The highest BCUT2D eigenvalue weighted by atomic mass is 16.5. The number of fused-ring (bicyclic) bond motifs is 2. The van der Waals surface area contributed by atoms with Gasteiger partial charge in [0.2, 0.25) is 0 Å². The second-order valence-corrected chi connectivity index (χ2v) is 6.57. The van der Waals surface area contributed by atoms with E-state index in [0.717, 1.165) is 11.3 Å². The van der Waals surface area contributed by atoms with E-state index in [2.05, 4.69) is 15.1 Å². The Morgan fingerprint density at radius 1 is 1.18 bits per heavy atom. The second-order valence-electron chi connectivity index (χ2n) is 6.57. The first-order valence-corrected chi connectivity index (χ1v) is 8.86. The average Bonchev–Trinajstić information content (AvgIpc) is 3.24. The van der Waals surface area contributed by atoms with Gasteiger partial charge in [-0.3, -0.25) is 19.0 Å². The Bertz CT molecular complexity index is 1250. The lowest BCUT2D eigenvalue weighted by Crippen LogP contribution is -2.40. The lowest BCUT2D eigenvalue weighted by Gasteiger charge is -2.27. The third-order valence-corrected chi connectivity index (χ3v) is 4.84. The summed E-state index contributed by atoms with van der Waals surface area (Å²) in [6.07, 6.45) is 5.51. The Balaban J connectivity index is 1.45. The maximum atomic E-state index is 12.9. The molecule has 8 nitrogen and oxygen atoms in total. The molecule has 4 aromatic rings. The van der Waals surface area contributed by atoms with Gasteiger partial charge >= 0.3 is 0 Å². The van der Waals surface area contributed by atoms with E-state index >= 15 is 0 Å². The van der Waals surface area contributed by atoms with Crippen molar-refractivity contribution in [2.24, 2.45) is 0 Å². The molecule has 4 aromatic heterocycles. The van der Waals surface area contributed by atoms with E-state index in [1.54, 1.807) is 47.8 Å². The first kappa shape index (κ1) is 16.4. The topological polar surface area (TPSA) is 93.6 Å². The quantitative estimate of drug-likeness (QED) is 0.533. The molecule has 138 valence electrons. The zero-order valence-corrected chi connectivity index (χ0v) is 14.8. The predicted molar refractivity (Wildman–Crippen MR) is 99.6 cm³/mol. The number of hydrogen-bond acceptors (Lipinski definition) is 6. The summed E-state index contributed by atoms with van der Waals surface area (Å²) in [4.78, 5) is 35.9. The number of rotatable bonds is 2. The van der Waals surface area contributed by atoms with Crippen LogP contribution >= 0.6 is 0 Å². The zero-order valence-electron chi connectivity index (χ0n) is 14.8. The largest absolute Gasteiger partial charge is 0.355 e. The molecule has 1 aliphatic heterocycles. The van der Waals surface area contributed by atoms with Crippen molar-refractivity contribution < 1.29 is 9.32 Å². The maximum Gasteiger partial charge on any atom is 0.276 e. The minimum absolute atomic E-state index is 0.144. The number of hydrogen-bond donors (Lipinski definition) is 0. The predicted octanol–water partition coefficient (Wildman–Crippen LogP) is 1.94. The monoisotopic (exact) mass is 373 g/mol. The van der Waals surface area contributed by atoms with Crippen molar-refractivity contribution in [3.63, 3.8) is 0 Å². The highest BCUT2D eigenvalue weighted by molar-refractivity contribution is 5.93. The minimum atomic E-state index is -0.276. The second kappa shape index (κ2) is 6.41. The van der Waals surface area contributed by atoms with Crippen molar-refractivity contribution >= 4 is 11.6 Å². The summed E-state index contributed by atoms with van der Waals surface area (Å²) in [5, 5.41) is 3.90. The molecule has 0 saturated heterocycles. The number of pyridine rings is 2. The van der Waals surface area contributed by atoms with E-state index in [0.29, 0.717) is 29.9 Å². The van der Waals surface area contributed by atoms with Crippen LogP contribution in [0, 0.1) is 0 Å². The van der Waals surface area contributed by atoms with Gasteiger partial charge in [-0.1, -0.05) is 11.2 Å². The van der Waals surface area contributed by atoms with Crippen LogP contribution in [-0.4, -0.2) is 36.9 Å². The summed E-state index contributed by atoms with van der Waals surface area (Å²) < 4.78 is 6.80. The van der Waals surface area contributed by atoms with E-state index in [-0.39, 0.29) is 23.7 Å². The zero-order chi connectivity index (χ0) is 19.1. The minimum Gasteiger partial charge on any atom is -0.355 e. The molecule has 0 aliphatic carbocycles. The van der Waals surface area contributed by atoms with E-state index < -0.39 is 0 Å². The van der Waals surface area contributed by atoms with Crippen molar-refractivity contribution in [2.75, 3.05) is 6.54 Å². The molecule has 5 rings (SSSR count). The normalized spacial score (nSPS) is 13.5. The van der Waals surface area contributed by atoms with Crippen LogP contribution in [0.1, 0.15) is 21.7 Å². The van der Waals surface area contributed by atoms with Crippen LogP contribution in [0.5, 0.6) is 0 Å². The standard InChI is InChI=1S/C20H15N5O3/c26-19-14-12-24(9-6-15(14)22-18-5-1-2-8-25(18)19)20(27)16-10-17(28-23-16)13-4-3-7-21-11-13/h1-5,7-8,10-11H,6,9,12H2. The van der Waals surface area contributed by atoms with Gasteiger partial charge in [-0.15, -0.1) is 0 Å². The Kier molecular flexibility index (Phi) is 3.75. The maximum absolute atomic E-state index is 12.9. The van der Waals surface area contributed by atoms with Crippen LogP contribution < -0.4 is 5.56 Å². The molecule has 8 heteroatoms. The van der Waals surface area contributed by atoms with Gasteiger partial charge < -0.3 is 9.42 Å². The van der Waals surface area contributed by atoms with Crippen LogP contribution in [0.4, 0.5) is 0 Å². The van der Waals surface area contributed by atoms with Gasteiger partial charge in [0.25, 0.3) is 11.5 Å². The molecule has 5 heterocycles. The van der Waals surface area contributed by atoms with Gasteiger partial charge in [0.15, 0.2) is 11.5 Å². The fourth-order valence-corrected chi connectivity index (χ4v) is 3.40. The fraction of sp³-hybridized carbons (Fsp3) is 0.150. The summed E-state index contributed by atoms with van der Waals surface area (Å²) in [6, 6.07) is 10.6. The summed E-state index contributed by atoms with van der Waals surface area (Å²) in [5.74, 6) is 0.198. The van der Waals surface area contributed by atoms with Crippen LogP contribution in [0.15, 0.2) is 64.3 Å². The SMILES string of the molecule is O=C(c1cc(-c2cccnc2)on1)N1CCc2nc3ccccn3c(=O)c2C1. The van der Waals surface area contributed by atoms with Gasteiger partial charge in [-0.2, -0.15) is 0 Å². The van der Waals surface area contributed by atoms with Crippen molar-refractivity contribution in [1.29, 1.82) is 0 Å². The lowest BCUT2D eigenvalue weighted by atomic mass is 10.1. The van der Waals surface area contributed by atoms with E-state index in [1.165, 1.54) is 4.40 Å². The summed E-state index contributed by atoms with van der Waals surface area (Å²) in [5.41, 5.74) is 2.71. The van der Waals surface area contributed by atoms with Gasteiger partial charge in [-0.25, -0.2) is 4.98 Å². The smallest absolute Gasteiger partial charge is 0.276 e. The molecule has 1 aliphatic rings. The molecule has 28 heavy (non-hydrogen) atoms. The van der Waals surface area contributed by atoms with E-state index in [4.69, 9.17) is 4.52 Å². The molecular formula is C20H15N5O3. The van der Waals surface area contributed by atoms with Crippen LogP contribution in [0.25, 0.3) is 17.0 Å². The summed E-state index contributed by atoms with van der Waals surface area (Å²) in [6.45, 7) is 0.670. The Morgan fingerprint density at radius 3 is 2.96 bits per heavy atom. The molecule has 0 saturated carbocycles. The third-order valence-electron chi connectivity index (χ3n) is 4.84. The van der Waals surface area contributed by atoms with E-state index in [9.17, 15) is 9.59 Å². The number of amides is 1. The van der Waals surface area contributed by atoms with Crippen molar-refractivity contribution in [3.05, 3.63) is 82.3 Å². The van der Waals surface area contributed by atoms with Crippen LogP contribution in [0.2, 0.25) is 0 Å². The first-order chi connectivity index (χ1) is 13.7. The number of carbonyl (C=O) groups excluding carboxylic acids is 1. The Labute approximate surface area is 159 Å². The molecule has 0 unspecified atom stereocenters. The summed E-state index contributed by atoms with van der Waals surface area (Å²) in [7, 11) is 0. The molecule has 0 bridgehead atoms. The van der Waals surface area contributed by atoms with E-state index in [1.807, 2.05) is 12.1 Å². The molecule has 0 aromatic carbocycles. The molecule has 0 radical (unpaired) electrons. The van der Waals surface area contributed by atoms with Crippen molar-refractivity contribution in [1.82, 2.24) is 24.4 Å². The number of carbonyl (C=O) groups is 1. The molecule has 0 atom stereocenters. The van der Waals surface area contributed by atoms with Crippen LogP contribution in [0.3, 0.4) is 0 Å². The number of nitrogens with zero attached hydrogens (tertiary/aromatic N) is 5. The third kappa shape index (κ3) is 2.66. The highest BCUT2D eigenvalue weighted by Crippen LogP contribution is 2.22. The van der Waals surface area contributed by atoms with Gasteiger partial charge in [0, 0.05) is 43.2 Å². The van der Waals surface area contributed by atoms with Gasteiger partial charge in [0.1, 0.15) is 5.65 Å². The highest BCUT2D eigenvalue weighted by Gasteiger charge is 2.27. The lowest BCUT2D eigenvalue weighted by molar-refractivity contribution is 0.0722. The van der Waals surface area contributed by atoms with Gasteiger partial charge in [-0.05, 0) is 24.3 Å². The molecule has 0 spiro atoms. The summed E-state index contributed by atoms with van der Waals surface area (Å²) >= 11 is 0. The Hall–Kier alpha value is -3.81. The van der Waals surface area contributed by atoms with Crippen LogP contribution in [-0.2, 0) is 13.0 Å². The molecule has 0 N–H and O–H groups in total.